The molecule has 0 saturated carbocycles. The molecule has 1 aliphatic heterocycles. The largest absolute Gasteiger partial charge is 0.434 e. The van der Waals surface area contributed by atoms with E-state index in [1.165, 1.54) is 6.33 Å². The summed E-state index contributed by atoms with van der Waals surface area (Å²) in [6.45, 7) is 5.01. The topological polar surface area (TPSA) is 105 Å². The summed E-state index contributed by atoms with van der Waals surface area (Å²) < 4.78 is 5.68. The summed E-state index contributed by atoms with van der Waals surface area (Å²) in [5.41, 5.74) is 0.534. The highest BCUT2D eigenvalue weighted by Gasteiger charge is 2.30. The Morgan fingerprint density at radius 3 is 2.67 bits per heavy atom. The third-order valence-electron chi connectivity index (χ3n) is 4.38. The number of aliphatic hydroxyl groups is 1. The monoisotopic (exact) mass is 393 g/mol. The first-order chi connectivity index (χ1) is 13.0. The first kappa shape index (κ1) is 19.3. The molecular weight excluding hydrogens is 374 g/mol. The molecule has 1 saturated heterocycles. The molecule has 0 bridgehead atoms. The predicted molar refractivity (Wildman–Crippen MR) is 101 cm³/mol. The normalized spacial score (nSPS) is 15.0. The van der Waals surface area contributed by atoms with Gasteiger partial charge >= 0.3 is 11.6 Å². The summed E-state index contributed by atoms with van der Waals surface area (Å²) in [4.78, 5) is 23.2. The third kappa shape index (κ3) is 4.44. The van der Waals surface area contributed by atoms with Crippen molar-refractivity contribution in [2.45, 2.75) is 6.92 Å². The molecule has 1 aliphatic rings. The minimum absolute atomic E-state index is 0.0894. The fraction of sp³-hybridized carbons (Fsp3) is 0.412. The van der Waals surface area contributed by atoms with Crippen LogP contribution in [0.5, 0.6) is 11.6 Å². The van der Waals surface area contributed by atoms with Crippen LogP contribution >= 0.6 is 11.6 Å². The van der Waals surface area contributed by atoms with Crippen molar-refractivity contribution in [1.82, 2.24) is 14.9 Å². The van der Waals surface area contributed by atoms with Crippen molar-refractivity contribution >= 4 is 23.1 Å². The van der Waals surface area contributed by atoms with Crippen LogP contribution in [0.15, 0.2) is 24.5 Å². The van der Waals surface area contributed by atoms with E-state index < -0.39 is 4.92 Å². The van der Waals surface area contributed by atoms with E-state index >= 15 is 0 Å². The fourth-order valence-electron chi connectivity index (χ4n) is 2.94. The number of hydrogen-bond donors (Lipinski definition) is 1. The highest BCUT2D eigenvalue weighted by Crippen LogP contribution is 2.36. The van der Waals surface area contributed by atoms with E-state index in [0.29, 0.717) is 43.5 Å². The molecule has 0 spiro atoms. The van der Waals surface area contributed by atoms with Crippen LogP contribution in [-0.4, -0.2) is 64.2 Å². The Hall–Kier alpha value is -2.49. The van der Waals surface area contributed by atoms with Crippen LogP contribution in [0.4, 0.5) is 11.5 Å². The van der Waals surface area contributed by atoms with E-state index in [0.717, 1.165) is 5.56 Å². The molecule has 9 nitrogen and oxygen atoms in total. The molecule has 1 aromatic heterocycles. The summed E-state index contributed by atoms with van der Waals surface area (Å²) in [6, 6.07) is 5.00. The van der Waals surface area contributed by atoms with Crippen molar-refractivity contribution in [1.29, 1.82) is 0 Å². The predicted octanol–water partition coefficient (Wildman–Crippen LogP) is 2.25. The summed E-state index contributed by atoms with van der Waals surface area (Å²) in [5.74, 6) is 0.543. The van der Waals surface area contributed by atoms with E-state index in [1.54, 1.807) is 18.2 Å². The molecule has 0 radical (unpaired) electrons. The van der Waals surface area contributed by atoms with E-state index in [1.807, 2.05) is 11.8 Å². The lowest BCUT2D eigenvalue weighted by atomic mass is 10.2. The van der Waals surface area contributed by atoms with Crippen molar-refractivity contribution in [3.05, 3.63) is 45.2 Å². The van der Waals surface area contributed by atoms with Crippen molar-refractivity contribution < 1.29 is 14.8 Å². The van der Waals surface area contributed by atoms with Crippen molar-refractivity contribution in [2.75, 3.05) is 44.2 Å². The summed E-state index contributed by atoms with van der Waals surface area (Å²) in [6.07, 6.45) is 1.26. The Kier molecular flexibility index (Phi) is 6.04. The van der Waals surface area contributed by atoms with Gasteiger partial charge in [-0.3, -0.25) is 15.0 Å². The third-order valence-corrected chi connectivity index (χ3v) is 4.81. The molecule has 3 rings (SSSR count). The molecule has 1 fully saturated rings. The van der Waals surface area contributed by atoms with E-state index in [2.05, 4.69) is 14.9 Å². The lowest BCUT2D eigenvalue weighted by molar-refractivity contribution is -0.385. The van der Waals surface area contributed by atoms with Gasteiger partial charge in [0.1, 0.15) is 12.1 Å². The van der Waals surface area contributed by atoms with Crippen molar-refractivity contribution in [3.63, 3.8) is 0 Å². The maximum absolute atomic E-state index is 11.7. The summed E-state index contributed by atoms with van der Waals surface area (Å²) >= 11 is 6.01. The van der Waals surface area contributed by atoms with Crippen LogP contribution in [0.2, 0.25) is 5.02 Å². The van der Waals surface area contributed by atoms with E-state index in [9.17, 15) is 10.1 Å². The SMILES string of the molecule is Cc1cc(Oc2ncnc(N3CCN(CCO)CC3)c2[N+](=O)[O-])ccc1Cl. The first-order valence-electron chi connectivity index (χ1n) is 8.51. The Balaban J connectivity index is 1.87. The molecule has 1 aromatic carbocycles. The van der Waals surface area contributed by atoms with Gasteiger partial charge in [0.2, 0.25) is 5.82 Å². The molecule has 0 unspecified atom stereocenters. The molecule has 10 heteroatoms. The Labute approximate surface area is 161 Å². The quantitative estimate of drug-likeness (QED) is 0.588. The Bertz CT molecular complexity index is 827. The second kappa shape index (κ2) is 8.47. The van der Waals surface area contributed by atoms with Gasteiger partial charge < -0.3 is 14.7 Å². The summed E-state index contributed by atoms with van der Waals surface area (Å²) in [5, 5.41) is 21.3. The number of rotatable bonds is 6. The molecule has 1 N–H and O–H groups in total. The number of benzene rings is 1. The lowest BCUT2D eigenvalue weighted by Gasteiger charge is -2.34. The number of piperazine rings is 1. The number of nitrogens with zero attached hydrogens (tertiary/aromatic N) is 5. The number of nitro groups is 1. The lowest BCUT2D eigenvalue weighted by Crippen LogP contribution is -2.47. The number of halogens is 1. The molecule has 27 heavy (non-hydrogen) atoms. The van der Waals surface area contributed by atoms with Crippen LogP contribution in [0.25, 0.3) is 0 Å². The Morgan fingerprint density at radius 2 is 2.04 bits per heavy atom. The van der Waals surface area contributed by atoms with Gasteiger partial charge in [-0.2, -0.15) is 4.98 Å². The second-order valence-electron chi connectivity index (χ2n) is 6.17. The van der Waals surface area contributed by atoms with Crippen LogP contribution in [0.1, 0.15) is 5.56 Å². The van der Waals surface area contributed by atoms with Crippen LogP contribution < -0.4 is 9.64 Å². The number of hydrogen-bond acceptors (Lipinski definition) is 8. The number of aryl methyl sites for hydroxylation is 1. The van der Waals surface area contributed by atoms with Crippen LogP contribution in [0.3, 0.4) is 0 Å². The van der Waals surface area contributed by atoms with Gasteiger partial charge in [0.05, 0.1) is 11.5 Å². The number of ether oxygens (including phenoxy) is 1. The molecule has 2 heterocycles. The average Bonchev–Trinajstić information content (AvgIpc) is 2.65. The van der Waals surface area contributed by atoms with Gasteiger partial charge in [0.25, 0.3) is 0 Å². The maximum Gasteiger partial charge on any atom is 0.373 e. The number of aromatic nitrogens is 2. The first-order valence-corrected chi connectivity index (χ1v) is 8.89. The summed E-state index contributed by atoms with van der Waals surface area (Å²) in [7, 11) is 0. The average molecular weight is 394 g/mol. The van der Waals surface area contributed by atoms with Gasteiger partial charge in [-0.25, -0.2) is 4.98 Å². The van der Waals surface area contributed by atoms with Gasteiger partial charge in [0.15, 0.2) is 0 Å². The minimum Gasteiger partial charge on any atom is -0.434 e. The zero-order valence-corrected chi connectivity index (χ0v) is 15.6. The van der Waals surface area contributed by atoms with Gasteiger partial charge in [0, 0.05) is 37.7 Å². The van der Waals surface area contributed by atoms with E-state index in [-0.39, 0.29) is 24.0 Å². The van der Waals surface area contributed by atoms with Gasteiger partial charge in [-0.15, -0.1) is 0 Å². The molecular formula is C17H20ClN5O4. The van der Waals surface area contributed by atoms with Crippen molar-refractivity contribution in [2.24, 2.45) is 0 Å². The number of aliphatic hydroxyl groups excluding tert-OH is 1. The van der Waals surface area contributed by atoms with E-state index in [4.69, 9.17) is 21.4 Å². The second-order valence-corrected chi connectivity index (χ2v) is 6.58. The van der Waals surface area contributed by atoms with Gasteiger partial charge in [-0.1, -0.05) is 11.6 Å². The standard InChI is InChI=1S/C17H20ClN5O4/c1-12-10-13(2-3-14(12)18)27-17-15(23(25)26)16(19-11-20-17)22-6-4-21(5-7-22)8-9-24/h2-3,10-11,24H,4-9H2,1H3. The maximum atomic E-state index is 11.7. The fourth-order valence-corrected chi connectivity index (χ4v) is 3.05. The zero-order chi connectivity index (χ0) is 19.4. The number of β-amino-alcohol motifs (C(OH)–C–C–N with tert-alkyl or cyclic N) is 1. The molecule has 2 aromatic rings. The van der Waals surface area contributed by atoms with Crippen molar-refractivity contribution in [3.8, 4) is 11.6 Å². The molecule has 0 aliphatic carbocycles. The zero-order valence-electron chi connectivity index (χ0n) is 14.8. The molecule has 0 atom stereocenters. The smallest absolute Gasteiger partial charge is 0.373 e. The molecule has 144 valence electrons. The van der Waals surface area contributed by atoms with Crippen LogP contribution in [0, 0.1) is 17.0 Å². The highest BCUT2D eigenvalue weighted by molar-refractivity contribution is 6.31. The number of anilines is 1. The molecule has 0 amide bonds. The highest BCUT2D eigenvalue weighted by atomic mass is 35.5. The van der Waals surface area contributed by atoms with Crippen LogP contribution in [-0.2, 0) is 0 Å². The Morgan fingerprint density at radius 1 is 1.30 bits per heavy atom. The van der Waals surface area contributed by atoms with Gasteiger partial charge in [-0.05, 0) is 30.7 Å². The minimum atomic E-state index is -0.520.